The zero-order valence-corrected chi connectivity index (χ0v) is 13.3. The van der Waals surface area contributed by atoms with Crippen molar-refractivity contribution in [3.8, 4) is 0 Å². The van der Waals surface area contributed by atoms with Gasteiger partial charge in [-0.2, -0.15) is 0 Å². The van der Waals surface area contributed by atoms with Crippen LogP contribution >= 0.6 is 11.6 Å². The number of furan rings is 1. The molecular weight excluding hydrogens is 340 g/mol. The van der Waals surface area contributed by atoms with Gasteiger partial charge >= 0.3 is 5.97 Å². The lowest BCUT2D eigenvalue weighted by Crippen LogP contribution is -2.35. The standard InChI is InChI=1S/C15H13ClN2O6/c1-9(14(19)17-8-11-3-2-6-23-11)24-15(20)12-7-10(16)4-5-13(12)18(21)22/h2-7,9H,8H2,1H3,(H,17,19)/t9-/m1/s1. The van der Waals surface area contributed by atoms with Crippen molar-refractivity contribution in [2.75, 3.05) is 0 Å². The van der Waals surface area contributed by atoms with Crippen molar-refractivity contribution < 1.29 is 23.7 Å². The third kappa shape index (κ3) is 4.32. The number of benzene rings is 1. The van der Waals surface area contributed by atoms with Gasteiger partial charge in [-0.3, -0.25) is 14.9 Å². The summed E-state index contributed by atoms with van der Waals surface area (Å²) in [6, 6.07) is 6.85. The number of hydrogen-bond donors (Lipinski definition) is 1. The Kier molecular flexibility index (Phi) is 5.54. The van der Waals surface area contributed by atoms with Gasteiger partial charge in [0.1, 0.15) is 11.3 Å². The van der Waals surface area contributed by atoms with E-state index in [2.05, 4.69) is 5.32 Å². The molecule has 2 rings (SSSR count). The average Bonchev–Trinajstić information content (AvgIpc) is 3.05. The van der Waals surface area contributed by atoms with Gasteiger partial charge in [-0.1, -0.05) is 11.6 Å². The lowest BCUT2D eigenvalue weighted by molar-refractivity contribution is -0.385. The fraction of sp³-hybridized carbons (Fsp3) is 0.200. The van der Waals surface area contributed by atoms with E-state index in [4.69, 9.17) is 20.8 Å². The molecule has 0 radical (unpaired) electrons. The third-order valence-corrected chi connectivity index (χ3v) is 3.28. The van der Waals surface area contributed by atoms with E-state index in [1.807, 2.05) is 0 Å². The highest BCUT2D eigenvalue weighted by Gasteiger charge is 2.25. The van der Waals surface area contributed by atoms with E-state index >= 15 is 0 Å². The van der Waals surface area contributed by atoms with E-state index in [-0.39, 0.29) is 17.1 Å². The number of ether oxygens (including phenoxy) is 1. The molecule has 0 fully saturated rings. The van der Waals surface area contributed by atoms with Crippen LogP contribution in [0.2, 0.25) is 5.02 Å². The maximum Gasteiger partial charge on any atom is 0.345 e. The third-order valence-electron chi connectivity index (χ3n) is 3.05. The molecule has 1 aromatic carbocycles. The Morgan fingerprint density at radius 1 is 1.42 bits per heavy atom. The minimum Gasteiger partial charge on any atom is -0.467 e. The van der Waals surface area contributed by atoms with Crippen LogP contribution < -0.4 is 5.32 Å². The average molecular weight is 353 g/mol. The van der Waals surface area contributed by atoms with E-state index in [0.29, 0.717) is 5.76 Å². The van der Waals surface area contributed by atoms with Gasteiger partial charge in [-0.15, -0.1) is 0 Å². The number of rotatable bonds is 6. The van der Waals surface area contributed by atoms with Crippen LogP contribution in [0.1, 0.15) is 23.0 Å². The quantitative estimate of drug-likeness (QED) is 0.486. The van der Waals surface area contributed by atoms with Crippen molar-refractivity contribution >= 4 is 29.2 Å². The van der Waals surface area contributed by atoms with Crippen LogP contribution in [0.3, 0.4) is 0 Å². The molecule has 126 valence electrons. The van der Waals surface area contributed by atoms with Gasteiger partial charge in [-0.25, -0.2) is 4.79 Å². The molecular formula is C15H13ClN2O6. The summed E-state index contributed by atoms with van der Waals surface area (Å²) in [5.74, 6) is -1.04. The molecule has 1 aromatic heterocycles. The van der Waals surface area contributed by atoms with Crippen molar-refractivity contribution in [3.63, 3.8) is 0 Å². The summed E-state index contributed by atoms with van der Waals surface area (Å²) in [4.78, 5) is 34.2. The Balaban J connectivity index is 2.02. The molecule has 0 unspecified atom stereocenters. The molecule has 1 heterocycles. The second kappa shape index (κ2) is 7.60. The summed E-state index contributed by atoms with van der Waals surface area (Å²) in [7, 11) is 0. The number of nitro groups is 1. The van der Waals surface area contributed by atoms with Gasteiger partial charge in [0.05, 0.1) is 17.7 Å². The van der Waals surface area contributed by atoms with Crippen molar-refractivity contribution in [1.82, 2.24) is 5.32 Å². The molecule has 1 atom stereocenters. The number of nitro benzene ring substituents is 1. The van der Waals surface area contributed by atoms with Crippen molar-refractivity contribution in [3.05, 3.63) is 63.1 Å². The summed E-state index contributed by atoms with van der Waals surface area (Å²) >= 11 is 5.75. The lowest BCUT2D eigenvalue weighted by Gasteiger charge is -2.13. The SMILES string of the molecule is C[C@@H](OC(=O)c1cc(Cl)ccc1[N+](=O)[O-])C(=O)NCc1ccco1. The van der Waals surface area contributed by atoms with Crippen LogP contribution in [0, 0.1) is 10.1 Å². The maximum absolute atomic E-state index is 12.1. The van der Waals surface area contributed by atoms with Gasteiger partial charge in [0, 0.05) is 11.1 Å². The van der Waals surface area contributed by atoms with Gasteiger partial charge in [0.25, 0.3) is 11.6 Å². The smallest absolute Gasteiger partial charge is 0.345 e. The van der Waals surface area contributed by atoms with Crippen LogP contribution in [0.5, 0.6) is 0 Å². The number of halogens is 1. The molecule has 0 spiro atoms. The molecule has 1 amide bonds. The summed E-state index contributed by atoms with van der Waals surface area (Å²) < 4.78 is 10.0. The molecule has 0 aliphatic heterocycles. The molecule has 1 N–H and O–H groups in total. The van der Waals surface area contributed by atoms with Gasteiger partial charge in [0.15, 0.2) is 6.10 Å². The van der Waals surface area contributed by atoms with E-state index < -0.39 is 28.6 Å². The highest BCUT2D eigenvalue weighted by atomic mass is 35.5. The first-order chi connectivity index (χ1) is 11.4. The Hall–Kier alpha value is -2.87. The van der Waals surface area contributed by atoms with Crippen LogP contribution in [-0.2, 0) is 16.1 Å². The number of carbonyl (C=O) groups is 2. The molecule has 0 aliphatic rings. The molecule has 9 heteroatoms. The van der Waals surface area contributed by atoms with Gasteiger partial charge in [0.2, 0.25) is 0 Å². The molecule has 2 aromatic rings. The highest BCUT2D eigenvalue weighted by Crippen LogP contribution is 2.23. The monoisotopic (exact) mass is 352 g/mol. The van der Waals surface area contributed by atoms with Gasteiger partial charge < -0.3 is 14.5 Å². The summed E-state index contributed by atoms with van der Waals surface area (Å²) in [5, 5.41) is 13.6. The first kappa shape index (κ1) is 17.5. The van der Waals surface area contributed by atoms with Gasteiger partial charge in [-0.05, 0) is 31.2 Å². The molecule has 0 saturated carbocycles. The zero-order valence-electron chi connectivity index (χ0n) is 12.5. The predicted octanol–water partition coefficient (Wildman–Crippen LogP) is 2.70. The van der Waals surface area contributed by atoms with E-state index in [9.17, 15) is 19.7 Å². The summed E-state index contributed by atoms with van der Waals surface area (Å²) in [5.41, 5.74) is -0.772. The summed E-state index contributed by atoms with van der Waals surface area (Å²) in [6.07, 6.45) is 0.314. The second-order valence-electron chi connectivity index (χ2n) is 4.76. The Morgan fingerprint density at radius 3 is 2.79 bits per heavy atom. The van der Waals surface area contributed by atoms with Crippen LogP contribution in [0.4, 0.5) is 5.69 Å². The van der Waals surface area contributed by atoms with E-state index in [1.165, 1.54) is 19.3 Å². The topological polar surface area (TPSA) is 112 Å². The molecule has 24 heavy (non-hydrogen) atoms. The fourth-order valence-corrected chi connectivity index (χ4v) is 2.01. The van der Waals surface area contributed by atoms with E-state index in [0.717, 1.165) is 12.1 Å². The van der Waals surface area contributed by atoms with Crippen LogP contribution in [0.25, 0.3) is 0 Å². The Morgan fingerprint density at radius 2 is 2.17 bits per heavy atom. The molecule has 0 aliphatic carbocycles. The second-order valence-corrected chi connectivity index (χ2v) is 5.20. The number of nitrogens with zero attached hydrogens (tertiary/aromatic N) is 1. The number of nitrogens with one attached hydrogen (secondary N) is 1. The lowest BCUT2D eigenvalue weighted by atomic mass is 10.2. The largest absolute Gasteiger partial charge is 0.467 e. The Bertz CT molecular complexity index is 759. The summed E-state index contributed by atoms with van der Waals surface area (Å²) in [6.45, 7) is 1.48. The highest BCUT2D eigenvalue weighted by molar-refractivity contribution is 6.31. The van der Waals surface area contributed by atoms with Crippen LogP contribution in [0.15, 0.2) is 41.0 Å². The molecule has 0 saturated heterocycles. The van der Waals surface area contributed by atoms with E-state index in [1.54, 1.807) is 12.1 Å². The number of amides is 1. The zero-order chi connectivity index (χ0) is 17.7. The number of carbonyl (C=O) groups excluding carboxylic acids is 2. The van der Waals surface area contributed by atoms with Crippen molar-refractivity contribution in [1.29, 1.82) is 0 Å². The first-order valence-corrected chi connectivity index (χ1v) is 7.21. The normalized spacial score (nSPS) is 11.6. The van der Waals surface area contributed by atoms with Crippen LogP contribution in [-0.4, -0.2) is 22.9 Å². The molecule has 0 bridgehead atoms. The Labute approximate surface area is 141 Å². The predicted molar refractivity (Wildman–Crippen MR) is 83.5 cm³/mol. The number of esters is 1. The minimum absolute atomic E-state index is 0.130. The van der Waals surface area contributed by atoms with Crippen molar-refractivity contribution in [2.45, 2.75) is 19.6 Å². The minimum atomic E-state index is -1.15. The van der Waals surface area contributed by atoms with Crippen molar-refractivity contribution in [2.24, 2.45) is 0 Å². The first-order valence-electron chi connectivity index (χ1n) is 6.83. The fourth-order valence-electron chi connectivity index (χ4n) is 1.84. The number of hydrogen-bond acceptors (Lipinski definition) is 6. The molecule has 8 nitrogen and oxygen atoms in total. The maximum atomic E-state index is 12.1.